The minimum atomic E-state index is -4.63. The Morgan fingerprint density at radius 2 is 1.51 bits per heavy atom. The van der Waals surface area contributed by atoms with Crippen molar-refractivity contribution in [1.29, 1.82) is 0 Å². The molecule has 2 bridgehead atoms. The first-order valence-electron chi connectivity index (χ1n) is 16.7. The van der Waals surface area contributed by atoms with E-state index >= 15 is 8.78 Å². The molecule has 2 saturated carbocycles. The summed E-state index contributed by atoms with van der Waals surface area (Å²) in [6.45, 7) is 5.42. The molecular formula is C36H42ClF2N3O6S. The largest absolute Gasteiger partial charge is 0.490 e. The molecule has 2 amide bonds. The monoisotopic (exact) mass is 717 g/mol. The second kappa shape index (κ2) is 13.7. The number of carbonyl (C=O) groups excluding carboxylic acids is 2. The Labute approximate surface area is 290 Å². The molecule has 3 fully saturated rings. The number of sulfonamides is 1. The minimum Gasteiger partial charge on any atom is -0.490 e. The number of amides is 2. The number of alkyl carbamates (subject to hydrolysis) is 1. The maximum absolute atomic E-state index is 16.4. The molecule has 0 aromatic heterocycles. The van der Waals surface area contributed by atoms with Gasteiger partial charge < -0.3 is 19.7 Å². The van der Waals surface area contributed by atoms with Crippen molar-refractivity contribution >= 4 is 44.4 Å². The van der Waals surface area contributed by atoms with E-state index in [0.717, 1.165) is 43.2 Å². The van der Waals surface area contributed by atoms with Crippen LogP contribution in [0.2, 0.25) is 5.02 Å². The number of fused-ring (bicyclic) bond motifs is 3. The lowest BCUT2D eigenvalue weighted by molar-refractivity contribution is -0.146. The van der Waals surface area contributed by atoms with Crippen LogP contribution >= 0.6 is 11.6 Å². The normalized spacial score (nSPS) is 22.2. The van der Waals surface area contributed by atoms with E-state index in [-0.39, 0.29) is 47.0 Å². The first-order valence-corrected chi connectivity index (χ1v) is 18.6. The average Bonchev–Trinajstić information content (AvgIpc) is 3.61. The number of piperidine rings is 1. The summed E-state index contributed by atoms with van der Waals surface area (Å²) in [6.07, 6.45) is 5.14. The topological polar surface area (TPSA) is 114 Å². The van der Waals surface area contributed by atoms with E-state index in [9.17, 15) is 18.0 Å². The van der Waals surface area contributed by atoms with Crippen molar-refractivity contribution in [2.75, 3.05) is 13.1 Å². The molecule has 2 N–H and O–H groups in total. The SMILES string of the molecule is CC(C)(C)OC(=O)NC1C2CCC1CN(C(=O)C(NS(=O)(=O)c1ccc3cc(OC4CCCC4)ccc3c1)C(F)(F)c1ccc(Cl)cc1)C2. The summed E-state index contributed by atoms with van der Waals surface area (Å²) in [5.74, 6) is -4.73. The zero-order valence-electron chi connectivity index (χ0n) is 27.8. The van der Waals surface area contributed by atoms with Crippen LogP contribution in [0.25, 0.3) is 10.8 Å². The Bertz CT molecular complexity index is 1800. The molecule has 3 aliphatic rings. The number of carbonyl (C=O) groups is 2. The maximum atomic E-state index is 16.4. The summed E-state index contributed by atoms with van der Waals surface area (Å²) in [5, 5.41) is 4.42. The molecule has 0 spiro atoms. The van der Waals surface area contributed by atoms with Gasteiger partial charge in [-0.3, -0.25) is 4.79 Å². The Morgan fingerprint density at radius 3 is 2.14 bits per heavy atom. The molecular weight excluding hydrogens is 676 g/mol. The highest BCUT2D eigenvalue weighted by Gasteiger charge is 2.52. The van der Waals surface area contributed by atoms with Crippen LogP contribution in [0.15, 0.2) is 65.6 Å². The quantitative estimate of drug-likeness (QED) is 0.246. The fraction of sp³-hybridized carbons (Fsp3) is 0.500. The molecule has 3 unspecified atom stereocenters. The van der Waals surface area contributed by atoms with Gasteiger partial charge in [0.15, 0.2) is 6.04 Å². The summed E-state index contributed by atoms with van der Waals surface area (Å²) >= 11 is 5.96. The molecule has 9 nitrogen and oxygen atoms in total. The van der Waals surface area contributed by atoms with Gasteiger partial charge in [0.25, 0.3) is 5.92 Å². The molecule has 1 saturated heterocycles. The van der Waals surface area contributed by atoms with Crippen LogP contribution in [-0.4, -0.2) is 62.2 Å². The number of nitrogens with one attached hydrogen (secondary N) is 2. The third-order valence-corrected chi connectivity index (χ3v) is 11.3. The van der Waals surface area contributed by atoms with Crippen LogP contribution < -0.4 is 14.8 Å². The van der Waals surface area contributed by atoms with Crippen molar-refractivity contribution in [2.24, 2.45) is 11.8 Å². The van der Waals surface area contributed by atoms with E-state index in [1.54, 1.807) is 39.0 Å². The van der Waals surface area contributed by atoms with Gasteiger partial charge in [0.05, 0.1) is 11.0 Å². The Morgan fingerprint density at radius 1 is 0.898 bits per heavy atom. The molecule has 3 aromatic rings. The molecule has 1 heterocycles. The van der Waals surface area contributed by atoms with Crippen molar-refractivity contribution in [1.82, 2.24) is 14.9 Å². The molecule has 13 heteroatoms. The zero-order valence-corrected chi connectivity index (χ0v) is 29.3. The van der Waals surface area contributed by atoms with Crippen molar-refractivity contribution in [3.05, 3.63) is 71.2 Å². The molecule has 3 atom stereocenters. The summed E-state index contributed by atoms with van der Waals surface area (Å²) in [6, 6.07) is 11.6. The van der Waals surface area contributed by atoms with Gasteiger partial charge in [-0.2, -0.15) is 13.5 Å². The second-order valence-electron chi connectivity index (χ2n) is 14.4. The van der Waals surface area contributed by atoms with Gasteiger partial charge in [-0.1, -0.05) is 35.9 Å². The third kappa shape index (κ3) is 7.97. The standard InChI is InChI=1S/C36H42ClF2N3O6S/c1-35(2,3)48-34(44)40-31-24-8-9-25(31)21-42(20-24)33(43)32(36(38,39)26-12-14-27(37)15-13-26)41-49(45,46)30-17-11-22-18-29(16-10-23(22)19-30)47-28-6-4-5-7-28/h10-19,24-25,28,31-32,41H,4-9,20-21H2,1-3H3,(H,40,44). The van der Waals surface area contributed by atoms with Gasteiger partial charge in [0, 0.05) is 29.7 Å². The highest BCUT2D eigenvalue weighted by molar-refractivity contribution is 7.89. The highest BCUT2D eigenvalue weighted by Crippen LogP contribution is 2.40. The second-order valence-corrected chi connectivity index (χ2v) is 16.5. The van der Waals surface area contributed by atoms with Gasteiger partial charge in [0.2, 0.25) is 15.9 Å². The number of likely N-dealkylation sites (tertiary alicyclic amines) is 1. The van der Waals surface area contributed by atoms with Gasteiger partial charge in [-0.25, -0.2) is 13.2 Å². The maximum Gasteiger partial charge on any atom is 0.407 e. The van der Waals surface area contributed by atoms with E-state index < -0.39 is 45.2 Å². The van der Waals surface area contributed by atoms with Gasteiger partial charge in [-0.05, 0) is 118 Å². The van der Waals surface area contributed by atoms with Crippen molar-refractivity contribution in [2.45, 2.75) is 93.9 Å². The lowest BCUT2D eigenvalue weighted by Crippen LogP contribution is -2.61. The number of ether oxygens (including phenoxy) is 2. The van der Waals surface area contributed by atoms with Crippen LogP contribution in [0.3, 0.4) is 0 Å². The number of hydrogen-bond donors (Lipinski definition) is 2. The van der Waals surface area contributed by atoms with Crippen LogP contribution in [0.5, 0.6) is 5.75 Å². The molecule has 0 radical (unpaired) electrons. The summed E-state index contributed by atoms with van der Waals surface area (Å²) < 4.78 is 74.0. The van der Waals surface area contributed by atoms with Crippen LogP contribution in [-0.2, 0) is 25.5 Å². The Kier molecular flexibility index (Phi) is 9.87. The third-order valence-electron chi connectivity index (χ3n) is 9.64. The van der Waals surface area contributed by atoms with Crippen molar-refractivity contribution in [3.63, 3.8) is 0 Å². The fourth-order valence-electron chi connectivity index (χ4n) is 7.25. The van der Waals surface area contributed by atoms with Crippen molar-refractivity contribution < 1.29 is 36.3 Å². The molecule has 264 valence electrons. The number of halogens is 3. The minimum absolute atomic E-state index is 0.0754. The predicted molar refractivity (Wildman–Crippen MR) is 182 cm³/mol. The first-order chi connectivity index (χ1) is 23.1. The van der Waals surface area contributed by atoms with E-state index in [0.29, 0.717) is 24.0 Å². The fourth-order valence-corrected chi connectivity index (χ4v) is 8.60. The average molecular weight is 718 g/mol. The lowest BCUT2D eigenvalue weighted by atomic mass is 9.91. The van der Waals surface area contributed by atoms with E-state index in [1.165, 1.54) is 29.2 Å². The highest BCUT2D eigenvalue weighted by atomic mass is 35.5. The van der Waals surface area contributed by atoms with E-state index in [4.69, 9.17) is 21.1 Å². The molecule has 1 aliphatic heterocycles. The zero-order chi connectivity index (χ0) is 35.1. The van der Waals surface area contributed by atoms with Crippen LogP contribution in [0.4, 0.5) is 13.6 Å². The number of rotatable bonds is 9. The van der Waals surface area contributed by atoms with E-state index in [1.807, 2.05) is 6.07 Å². The van der Waals surface area contributed by atoms with Crippen LogP contribution in [0, 0.1) is 11.8 Å². The first kappa shape index (κ1) is 35.3. The Hall–Kier alpha value is -3.48. The predicted octanol–water partition coefficient (Wildman–Crippen LogP) is 7.02. The van der Waals surface area contributed by atoms with Gasteiger partial charge in [-0.15, -0.1) is 0 Å². The Balaban J connectivity index is 1.25. The summed E-state index contributed by atoms with van der Waals surface area (Å²) in [5.41, 5.74) is -1.26. The van der Waals surface area contributed by atoms with Gasteiger partial charge >= 0.3 is 6.09 Å². The van der Waals surface area contributed by atoms with Crippen LogP contribution in [0.1, 0.15) is 64.9 Å². The summed E-state index contributed by atoms with van der Waals surface area (Å²) in [7, 11) is -4.63. The van der Waals surface area contributed by atoms with Crippen molar-refractivity contribution in [3.8, 4) is 5.75 Å². The van der Waals surface area contributed by atoms with E-state index in [2.05, 4.69) is 10.0 Å². The van der Waals surface area contributed by atoms with Gasteiger partial charge in [0.1, 0.15) is 11.4 Å². The molecule has 3 aromatic carbocycles. The number of alkyl halides is 2. The lowest BCUT2D eigenvalue weighted by Gasteiger charge is -2.40. The number of hydrogen-bond acceptors (Lipinski definition) is 6. The number of nitrogens with zero attached hydrogens (tertiary/aromatic N) is 1. The molecule has 2 aliphatic carbocycles. The smallest absolute Gasteiger partial charge is 0.407 e. The molecule has 6 rings (SSSR count). The summed E-state index contributed by atoms with van der Waals surface area (Å²) in [4.78, 5) is 27.7. The molecule has 49 heavy (non-hydrogen) atoms. The number of benzene rings is 3.